The minimum absolute atomic E-state index is 0.0151. The van der Waals surface area contributed by atoms with Gasteiger partial charge < -0.3 is 45.1 Å². The Bertz CT molecular complexity index is 1470. The molecule has 0 aromatic heterocycles. The Balaban J connectivity index is 1.99. The van der Waals surface area contributed by atoms with Crippen molar-refractivity contribution < 1.29 is 49.3 Å². The monoisotopic (exact) mass is 1060 g/mol. The van der Waals surface area contributed by atoms with Crippen LogP contribution in [0.1, 0.15) is 258 Å². The molecule has 6 N–H and O–H groups in total. The van der Waals surface area contributed by atoms with E-state index in [0.29, 0.717) is 19.4 Å². The number of aliphatic hydroxyl groups excluding tert-OH is 5. The van der Waals surface area contributed by atoms with Gasteiger partial charge in [0, 0.05) is 12.8 Å². The third-order valence-electron chi connectivity index (χ3n) is 14.1. The van der Waals surface area contributed by atoms with E-state index in [-0.39, 0.29) is 18.5 Å². The smallest absolute Gasteiger partial charge is 0.305 e. The Morgan fingerprint density at radius 2 is 0.960 bits per heavy atom. The van der Waals surface area contributed by atoms with Crippen LogP contribution in [0.3, 0.4) is 0 Å². The molecule has 0 aliphatic carbocycles. The molecular weight excluding hydrogens is 943 g/mol. The number of hydrogen-bond donors (Lipinski definition) is 6. The van der Waals surface area contributed by atoms with Gasteiger partial charge in [-0.25, -0.2) is 0 Å². The van der Waals surface area contributed by atoms with Gasteiger partial charge in [-0.2, -0.15) is 0 Å². The minimum Gasteiger partial charge on any atom is -0.466 e. The molecule has 7 atom stereocenters. The highest BCUT2D eigenvalue weighted by Gasteiger charge is 2.44. The van der Waals surface area contributed by atoms with Crippen LogP contribution in [-0.2, 0) is 23.8 Å². The molecule has 1 rings (SSSR count). The number of esters is 1. The Kier molecular flexibility index (Phi) is 49.7. The fraction of sp³-hybridized carbons (Fsp3) is 0.781. The summed E-state index contributed by atoms with van der Waals surface area (Å²) in [5.41, 5.74) is 0. The molecule has 1 aliphatic rings. The molecule has 1 amide bonds. The molecule has 11 nitrogen and oxygen atoms in total. The Labute approximate surface area is 458 Å². The van der Waals surface area contributed by atoms with Crippen LogP contribution in [0.15, 0.2) is 72.9 Å². The van der Waals surface area contributed by atoms with Gasteiger partial charge in [0.1, 0.15) is 24.4 Å². The van der Waals surface area contributed by atoms with Crippen molar-refractivity contribution in [2.45, 2.75) is 301 Å². The lowest BCUT2D eigenvalue weighted by atomic mass is 9.99. The largest absolute Gasteiger partial charge is 0.466 e. The van der Waals surface area contributed by atoms with Crippen LogP contribution in [0.5, 0.6) is 0 Å². The number of carbonyl (C=O) groups is 2. The minimum atomic E-state index is -1.58. The van der Waals surface area contributed by atoms with Crippen LogP contribution in [0.4, 0.5) is 0 Å². The van der Waals surface area contributed by atoms with E-state index in [1.807, 2.05) is 19.1 Å². The normalized spacial score (nSPS) is 19.3. The molecule has 1 aliphatic heterocycles. The lowest BCUT2D eigenvalue weighted by molar-refractivity contribution is -0.302. The van der Waals surface area contributed by atoms with Crippen LogP contribution in [0.25, 0.3) is 0 Å². The highest BCUT2D eigenvalue weighted by atomic mass is 16.7. The summed E-state index contributed by atoms with van der Waals surface area (Å²) in [6, 6.07) is -0.838. The highest BCUT2D eigenvalue weighted by Crippen LogP contribution is 2.23. The van der Waals surface area contributed by atoms with Crippen molar-refractivity contribution in [3.63, 3.8) is 0 Å². The Morgan fingerprint density at radius 3 is 1.48 bits per heavy atom. The molecule has 0 saturated carbocycles. The first-order valence-electron chi connectivity index (χ1n) is 30.7. The highest BCUT2D eigenvalue weighted by molar-refractivity contribution is 5.76. The van der Waals surface area contributed by atoms with Crippen LogP contribution < -0.4 is 5.32 Å². The van der Waals surface area contributed by atoms with Gasteiger partial charge in [-0.05, 0) is 103 Å². The molecule has 1 saturated heterocycles. The molecule has 0 aromatic rings. The molecule has 0 aromatic carbocycles. The maximum Gasteiger partial charge on any atom is 0.305 e. The number of unbranched alkanes of at least 4 members (excludes halogenated alkanes) is 29. The van der Waals surface area contributed by atoms with Crippen molar-refractivity contribution in [1.82, 2.24) is 5.32 Å². The number of allylic oxidation sites excluding steroid dienone is 11. The first-order chi connectivity index (χ1) is 36.7. The summed E-state index contributed by atoms with van der Waals surface area (Å²) >= 11 is 0. The fourth-order valence-electron chi connectivity index (χ4n) is 9.19. The van der Waals surface area contributed by atoms with Gasteiger partial charge in [0.15, 0.2) is 6.29 Å². The molecule has 7 unspecified atom stereocenters. The third kappa shape index (κ3) is 42.8. The van der Waals surface area contributed by atoms with Crippen molar-refractivity contribution in [3.8, 4) is 0 Å². The summed E-state index contributed by atoms with van der Waals surface area (Å²) < 4.78 is 16.6. The summed E-state index contributed by atoms with van der Waals surface area (Å²) in [5, 5.41) is 54.1. The summed E-state index contributed by atoms with van der Waals surface area (Å²) in [6.07, 6.45) is 60.4. The van der Waals surface area contributed by atoms with E-state index in [1.54, 1.807) is 6.08 Å². The van der Waals surface area contributed by atoms with Gasteiger partial charge in [-0.1, -0.05) is 215 Å². The molecule has 1 fully saturated rings. The van der Waals surface area contributed by atoms with Crippen molar-refractivity contribution in [1.29, 1.82) is 0 Å². The zero-order valence-electron chi connectivity index (χ0n) is 47.7. The Morgan fingerprint density at radius 1 is 0.520 bits per heavy atom. The molecule has 0 radical (unpaired) electrons. The first-order valence-corrected chi connectivity index (χ1v) is 30.7. The zero-order chi connectivity index (χ0) is 54.5. The van der Waals surface area contributed by atoms with Gasteiger partial charge >= 0.3 is 5.97 Å². The Hall–Kier alpha value is -2.90. The summed E-state index contributed by atoms with van der Waals surface area (Å²) in [6.45, 7) is 4.03. The second-order valence-corrected chi connectivity index (χ2v) is 21.0. The molecule has 1 heterocycles. The molecular formula is C64H113NO10. The van der Waals surface area contributed by atoms with Crippen molar-refractivity contribution >= 4 is 11.9 Å². The predicted molar refractivity (Wildman–Crippen MR) is 310 cm³/mol. The van der Waals surface area contributed by atoms with Gasteiger partial charge in [-0.3, -0.25) is 9.59 Å². The quantitative estimate of drug-likeness (QED) is 0.0195. The number of amides is 1. The summed E-state index contributed by atoms with van der Waals surface area (Å²) in [7, 11) is 0. The van der Waals surface area contributed by atoms with E-state index < -0.39 is 49.5 Å². The average Bonchev–Trinajstić information content (AvgIpc) is 3.41. The maximum atomic E-state index is 13.0. The number of carbonyl (C=O) groups excluding carboxylic acids is 2. The number of rotatable bonds is 52. The van der Waals surface area contributed by atoms with Crippen molar-refractivity contribution in [3.05, 3.63) is 72.9 Å². The lowest BCUT2D eigenvalue weighted by Crippen LogP contribution is -2.60. The molecule has 75 heavy (non-hydrogen) atoms. The number of nitrogens with one attached hydrogen (secondary N) is 1. The van der Waals surface area contributed by atoms with Crippen molar-refractivity contribution in [2.75, 3.05) is 19.8 Å². The van der Waals surface area contributed by atoms with Gasteiger partial charge in [0.25, 0.3) is 0 Å². The second-order valence-electron chi connectivity index (χ2n) is 21.0. The maximum absolute atomic E-state index is 13.0. The van der Waals surface area contributed by atoms with E-state index in [9.17, 15) is 35.1 Å². The van der Waals surface area contributed by atoms with Crippen molar-refractivity contribution in [2.24, 2.45) is 0 Å². The number of ether oxygens (including phenoxy) is 3. The number of hydrogen-bond acceptors (Lipinski definition) is 10. The standard InChI is InChI=1S/C64H113NO10/c1-3-5-7-9-11-13-14-15-29-32-36-40-44-48-52-60(69)73-53-49-45-41-37-33-30-27-25-23-21-19-17-16-18-20-22-24-26-28-31-35-39-43-47-51-59(68)65-56(57(67)50-46-42-38-34-12-10-8-6-4-2)55-74-64-63(72)62(71)61(70)58(54-66)75-64/h4,6,9,11-12,14-15,18,20,34,46,50,56-58,61-64,66-67,70-72H,3,5,7-8,10,13,16-17,19,21-33,35-45,47-49,51-55H2,1-2H3,(H,65,68)/b6-4+,11-9-,15-14-,20-18-,34-12+,50-46+. The van der Waals surface area contributed by atoms with E-state index in [1.165, 1.54) is 135 Å². The lowest BCUT2D eigenvalue weighted by Gasteiger charge is -2.40. The van der Waals surface area contributed by atoms with E-state index in [0.717, 1.165) is 96.3 Å². The zero-order valence-corrected chi connectivity index (χ0v) is 47.7. The predicted octanol–water partition coefficient (Wildman–Crippen LogP) is 14.4. The second kappa shape index (κ2) is 53.1. The van der Waals surface area contributed by atoms with Gasteiger partial charge in [0.05, 0.1) is 32.0 Å². The van der Waals surface area contributed by atoms with Crippen LogP contribution in [-0.4, -0.2) is 100 Å². The first kappa shape index (κ1) is 70.1. The molecule has 0 spiro atoms. The van der Waals surface area contributed by atoms with Crippen LogP contribution in [0, 0.1) is 0 Å². The van der Waals surface area contributed by atoms with Gasteiger partial charge in [-0.15, -0.1) is 0 Å². The van der Waals surface area contributed by atoms with Crippen LogP contribution in [0.2, 0.25) is 0 Å². The average molecular weight is 1060 g/mol. The van der Waals surface area contributed by atoms with E-state index in [2.05, 4.69) is 66.9 Å². The molecule has 11 heteroatoms. The topological polar surface area (TPSA) is 175 Å². The fourth-order valence-corrected chi connectivity index (χ4v) is 9.19. The van der Waals surface area contributed by atoms with E-state index in [4.69, 9.17) is 14.2 Å². The van der Waals surface area contributed by atoms with E-state index >= 15 is 0 Å². The van der Waals surface area contributed by atoms with Crippen LogP contribution >= 0.6 is 0 Å². The third-order valence-corrected chi connectivity index (χ3v) is 14.1. The molecule has 0 bridgehead atoms. The summed E-state index contributed by atoms with van der Waals surface area (Å²) in [5.74, 6) is -0.221. The SMILES string of the molecule is C/C=C/CC/C=C/CC/C=C/C(O)C(COC1OC(CO)C(O)C(O)C1O)NC(=O)CCCCCCCCCC/C=C\CCCCCCCCCCCCCCOC(=O)CCCCCCC/C=C\C/C=C\CCCC. The van der Waals surface area contributed by atoms with Gasteiger partial charge in [0.2, 0.25) is 5.91 Å². The summed E-state index contributed by atoms with van der Waals surface area (Å²) in [4.78, 5) is 25.0. The number of aliphatic hydroxyl groups is 5. The molecule has 434 valence electrons.